The van der Waals surface area contributed by atoms with Crippen molar-refractivity contribution in [2.24, 2.45) is 0 Å². The molecule has 172 valence electrons. The van der Waals surface area contributed by atoms with E-state index in [0.29, 0.717) is 16.7 Å². The van der Waals surface area contributed by atoms with Crippen LogP contribution in [-0.4, -0.2) is 26.1 Å². The number of rotatable bonds is 6. The molecule has 9 heteroatoms. The molecule has 1 aromatic heterocycles. The lowest BCUT2D eigenvalue weighted by molar-refractivity contribution is 0.0349. The Morgan fingerprint density at radius 1 is 0.971 bits per heavy atom. The number of amides is 1. The predicted molar refractivity (Wildman–Crippen MR) is 115 cm³/mol. The lowest BCUT2D eigenvalue weighted by Gasteiger charge is -2.32. The first-order valence-corrected chi connectivity index (χ1v) is 10.5. The zero-order valence-electron chi connectivity index (χ0n) is 17.6. The summed E-state index contributed by atoms with van der Waals surface area (Å²) in [6.07, 6.45) is -4.10. The van der Waals surface area contributed by atoms with Crippen molar-refractivity contribution < 1.29 is 27.5 Å². The Morgan fingerprint density at radius 2 is 1.71 bits per heavy atom. The van der Waals surface area contributed by atoms with Gasteiger partial charge in [0, 0.05) is 23.2 Å². The largest absolute Gasteiger partial charge is 0.415 e. The van der Waals surface area contributed by atoms with E-state index in [4.69, 9.17) is 4.42 Å². The number of fused-ring (bicyclic) bond motifs is 1. The van der Waals surface area contributed by atoms with Crippen LogP contribution in [0.1, 0.15) is 51.5 Å². The van der Waals surface area contributed by atoms with Crippen LogP contribution in [0.4, 0.5) is 13.2 Å². The summed E-state index contributed by atoms with van der Waals surface area (Å²) in [5.41, 5.74) is 1.95. The van der Waals surface area contributed by atoms with Crippen molar-refractivity contribution in [3.63, 3.8) is 0 Å². The third-order valence-electron chi connectivity index (χ3n) is 5.82. The van der Waals surface area contributed by atoms with Crippen molar-refractivity contribution in [3.8, 4) is 11.5 Å². The third kappa shape index (κ3) is 3.84. The van der Waals surface area contributed by atoms with E-state index in [1.807, 2.05) is 0 Å². The number of alkyl halides is 2. The van der Waals surface area contributed by atoms with Crippen LogP contribution < -0.4 is 0 Å². The molecule has 3 aromatic carbocycles. The minimum Gasteiger partial charge on any atom is -0.415 e. The zero-order valence-corrected chi connectivity index (χ0v) is 17.6. The summed E-state index contributed by atoms with van der Waals surface area (Å²) in [5, 5.41) is 18.2. The molecule has 0 saturated carbocycles. The maximum atomic E-state index is 14.8. The van der Waals surface area contributed by atoms with Crippen LogP contribution in [0.25, 0.3) is 11.5 Å². The van der Waals surface area contributed by atoms with Crippen molar-refractivity contribution in [2.45, 2.75) is 25.1 Å². The highest BCUT2D eigenvalue weighted by Gasteiger charge is 2.39. The fourth-order valence-electron chi connectivity index (χ4n) is 4.18. The van der Waals surface area contributed by atoms with E-state index in [2.05, 4.69) is 10.2 Å². The van der Waals surface area contributed by atoms with Gasteiger partial charge in [0.1, 0.15) is 11.9 Å². The lowest BCUT2D eigenvalue weighted by atomic mass is 9.94. The molecule has 1 amide bonds. The Morgan fingerprint density at radius 3 is 2.41 bits per heavy atom. The van der Waals surface area contributed by atoms with Crippen molar-refractivity contribution in [2.75, 3.05) is 0 Å². The summed E-state index contributed by atoms with van der Waals surface area (Å²) >= 11 is 0. The smallest absolute Gasteiger partial charge is 0.314 e. The molecule has 4 aromatic rings. The van der Waals surface area contributed by atoms with Crippen LogP contribution in [0.3, 0.4) is 0 Å². The molecule has 0 spiro atoms. The van der Waals surface area contributed by atoms with Gasteiger partial charge in [-0.3, -0.25) is 4.79 Å². The van der Waals surface area contributed by atoms with E-state index < -0.39 is 36.2 Å². The van der Waals surface area contributed by atoms with Crippen molar-refractivity contribution in [3.05, 3.63) is 107 Å². The minimum atomic E-state index is -2.91. The number of halogens is 3. The zero-order chi connectivity index (χ0) is 23.8. The number of carbonyl (C=O) groups is 1. The molecule has 2 atom stereocenters. The first-order valence-electron chi connectivity index (χ1n) is 10.5. The van der Waals surface area contributed by atoms with Crippen LogP contribution in [-0.2, 0) is 6.54 Å². The fraction of sp³-hybridized carbons (Fsp3) is 0.160. The molecule has 2 heterocycles. The Kier molecular flexibility index (Phi) is 5.62. The van der Waals surface area contributed by atoms with Gasteiger partial charge in [-0.25, -0.2) is 4.39 Å². The average molecular weight is 465 g/mol. The van der Waals surface area contributed by atoms with Gasteiger partial charge in [0.05, 0.1) is 6.04 Å². The molecule has 5 rings (SSSR count). The van der Waals surface area contributed by atoms with Gasteiger partial charge in [-0.15, -0.1) is 10.2 Å². The monoisotopic (exact) mass is 465 g/mol. The predicted octanol–water partition coefficient (Wildman–Crippen LogP) is 5.24. The number of hydrogen-bond donors (Lipinski definition) is 1. The molecule has 0 fully saturated rings. The maximum Gasteiger partial charge on any atom is 0.314 e. The summed E-state index contributed by atoms with van der Waals surface area (Å²) in [6.45, 7) is 0.128. The third-order valence-corrected chi connectivity index (χ3v) is 5.82. The number of aliphatic hydroxyl groups excluding tert-OH is 1. The van der Waals surface area contributed by atoms with E-state index in [0.717, 1.165) is 0 Å². The standard InChI is InChI=1S/C25H18F3N3O3/c26-19-9-5-4-8-17(19)20(21(32)14-6-2-1-3-7-14)31-13-16-11-10-15(12-18(16)25(31)33)23-29-30-24(34-23)22(27)28/h1-12,20-22,32H,13H2/t20-,21+/m1/s1. The molecule has 0 radical (unpaired) electrons. The fourth-order valence-corrected chi connectivity index (χ4v) is 4.18. The average Bonchev–Trinajstić information content (AvgIpc) is 3.47. The van der Waals surface area contributed by atoms with Gasteiger partial charge in [-0.1, -0.05) is 54.6 Å². The van der Waals surface area contributed by atoms with Gasteiger partial charge >= 0.3 is 6.43 Å². The number of aromatic nitrogens is 2. The van der Waals surface area contributed by atoms with E-state index in [9.17, 15) is 23.1 Å². The number of nitrogens with zero attached hydrogens (tertiary/aromatic N) is 3. The van der Waals surface area contributed by atoms with E-state index >= 15 is 0 Å². The lowest BCUT2D eigenvalue weighted by Crippen LogP contribution is -2.34. The molecule has 1 aliphatic heterocycles. The Balaban J connectivity index is 1.53. The molecule has 1 aliphatic rings. The second-order valence-electron chi connectivity index (χ2n) is 7.87. The Bertz CT molecular complexity index is 1340. The number of benzene rings is 3. The molecule has 0 bridgehead atoms. The molecule has 6 nitrogen and oxygen atoms in total. The van der Waals surface area contributed by atoms with E-state index in [-0.39, 0.29) is 23.6 Å². The maximum absolute atomic E-state index is 14.8. The first-order chi connectivity index (χ1) is 16.4. The number of hydrogen-bond acceptors (Lipinski definition) is 5. The van der Waals surface area contributed by atoms with Gasteiger partial charge in [-0.2, -0.15) is 8.78 Å². The van der Waals surface area contributed by atoms with Gasteiger partial charge in [0.2, 0.25) is 5.89 Å². The topological polar surface area (TPSA) is 79.5 Å². The molecule has 0 saturated heterocycles. The van der Waals surface area contributed by atoms with Crippen LogP contribution >= 0.6 is 0 Å². The van der Waals surface area contributed by atoms with Crippen LogP contribution in [0.15, 0.2) is 77.2 Å². The summed E-state index contributed by atoms with van der Waals surface area (Å²) in [5.74, 6) is -1.93. The molecule has 0 aliphatic carbocycles. The summed E-state index contributed by atoms with van der Waals surface area (Å²) in [7, 11) is 0. The normalized spacial score (nSPS) is 15.0. The van der Waals surface area contributed by atoms with Crippen molar-refractivity contribution in [1.29, 1.82) is 0 Å². The summed E-state index contributed by atoms with van der Waals surface area (Å²) < 4.78 is 45.5. The van der Waals surface area contributed by atoms with Gasteiger partial charge < -0.3 is 14.4 Å². The molecular formula is C25H18F3N3O3. The van der Waals surface area contributed by atoms with Crippen molar-refractivity contribution in [1.82, 2.24) is 15.1 Å². The highest BCUT2D eigenvalue weighted by Crippen LogP contribution is 2.41. The van der Waals surface area contributed by atoms with Gasteiger partial charge in [0.25, 0.3) is 11.8 Å². The second-order valence-corrected chi connectivity index (χ2v) is 7.87. The Labute approximate surface area is 192 Å². The summed E-state index contributed by atoms with van der Waals surface area (Å²) in [6, 6.07) is 18.4. The number of carbonyl (C=O) groups excluding carboxylic acids is 1. The Hall–Kier alpha value is -3.98. The van der Waals surface area contributed by atoms with E-state index in [1.165, 1.54) is 29.2 Å². The SMILES string of the molecule is O=C1c2cc(-c3nnc(C(F)F)o3)ccc2CN1[C@H](c1ccccc1F)[C@@H](O)c1ccccc1. The minimum absolute atomic E-state index is 0.128. The molecule has 34 heavy (non-hydrogen) atoms. The van der Waals surface area contributed by atoms with Gasteiger partial charge in [-0.05, 0) is 29.3 Å². The number of aliphatic hydroxyl groups is 1. The molecule has 0 unspecified atom stereocenters. The van der Waals surface area contributed by atoms with Crippen LogP contribution in [0.5, 0.6) is 0 Å². The molecule has 1 N–H and O–H groups in total. The van der Waals surface area contributed by atoms with E-state index in [1.54, 1.807) is 48.5 Å². The molecular weight excluding hydrogens is 447 g/mol. The van der Waals surface area contributed by atoms with Crippen molar-refractivity contribution >= 4 is 5.91 Å². The highest BCUT2D eigenvalue weighted by molar-refractivity contribution is 5.99. The second kappa shape index (κ2) is 8.75. The van der Waals surface area contributed by atoms with Gasteiger partial charge in [0.15, 0.2) is 0 Å². The quantitative estimate of drug-likeness (QED) is 0.421. The van der Waals surface area contributed by atoms with Crippen LogP contribution in [0, 0.1) is 5.82 Å². The van der Waals surface area contributed by atoms with Crippen LogP contribution in [0.2, 0.25) is 0 Å². The first kappa shape index (κ1) is 21.8. The summed E-state index contributed by atoms with van der Waals surface area (Å²) in [4.78, 5) is 14.9. The highest BCUT2D eigenvalue weighted by atomic mass is 19.3.